The van der Waals surface area contributed by atoms with Crippen LogP contribution in [0.5, 0.6) is 5.75 Å². The largest absolute Gasteiger partial charge is 0.506 e. The number of anilines is 1. The van der Waals surface area contributed by atoms with E-state index in [1.807, 2.05) is 13.8 Å². The van der Waals surface area contributed by atoms with Gasteiger partial charge in [0.1, 0.15) is 11.3 Å². The summed E-state index contributed by atoms with van der Waals surface area (Å²) in [7, 11) is 0. The monoisotopic (exact) mass is 404 g/mol. The van der Waals surface area contributed by atoms with E-state index < -0.39 is 11.5 Å². The Morgan fingerprint density at radius 3 is 2.56 bits per heavy atom. The van der Waals surface area contributed by atoms with Crippen LogP contribution in [-0.2, 0) is 6.54 Å². The Labute approximate surface area is 166 Å². The molecule has 27 heavy (non-hydrogen) atoms. The number of benzene rings is 2. The zero-order chi connectivity index (χ0) is 19.7. The zero-order valence-electron chi connectivity index (χ0n) is 14.8. The van der Waals surface area contributed by atoms with Crippen molar-refractivity contribution >= 4 is 45.7 Å². The molecule has 140 valence electrons. The molecular formula is C20H18Cl2N2O3. The number of hydrogen-bond acceptors (Lipinski definition) is 3. The molecular weight excluding hydrogens is 387 g/mol. The molecule has 0 radical (unpaired) electrons. The van der Waals surface area contributed by atoms with E-state index >= 15 is 0 Å². The minimum atomic E-state index is -0.731. The van der Waals surface area contributed by atoms with Crippen molar-refractivity contribution in [3.05, 3.63) is 68.4 Å². The van der Waals surface area contributed by atoms with E-state index in [1.165, 1.54) is 16.7 Å². The van der Waals surface area contributed by atoms with Gasteiger partial charge in [0.05, 0.1) is 16.2 Å². The van der Waals surface area contributed by atoms with E-state index in [4.69, 9.17) is 23.2 Å². The Balaban J connectivity index is 2.15. The van der Waals surface area contributed by atoms with Gasteiger partial charge in [0, 0.05) is 17.0 Å². The van der Waals surface area contributed by atoms with Gasteiger partial charge in [-0.3, -0.25) is 9.59 Å². The van der Waals surface area contributed by atoms with Crippen LogP contribution < -0.4 is 10.9 Å². The number of amides is 1. The highest BCUT2D eigenvalue weighted by molar-refractivity contribution is 6.36. The van der Waals surface area contributed by atoms with Crippen LogP contribution in [0.2, 0.25) is 10.0 Å². The summed E-state index contributed by atoms with van der Waals surface area (Å²) in [5.74, 6) is -0.902. The second-order valence-electron chi connectivity index (χ2n) is 6.63. The lowest BCUT2D eigenvalue weighted by Gasteiger charge is -2.16. The molecule has 0 atom stereocenters. The number of para-hydroxylation sites is 1. The van der Waals surface area contributed by atoms with Crippen LogP contribution in [0.1, 0.15) is 24.2 Å². The molecule has 0 fully saturated rings. The normalized spacial score (nSPS) is 11.1. The van der Waals surface area contributed by atoms with E-state index in [2.05, 4.69) is 5.32 Å². The maximum absolute atomic E-state index is 13.0. The van der Waals surface area contributed by atoms with Crippen molar-refractivity contribution in [1.29, 1.82) is 0 Å². The molecule has 0 spiro atoms. The van der Waals surface area contributed by atoms with E-state index in [0.717, 1.165) is 0 Å². The molecule has 0 aliphatic rings. The summed E-state index contributed by atoms with van der Waals surface area (Å²) in [5.41, 5.74) is 0.00561. The minimum absolute atomic E-state index is 0.178. The number of aromatic nitrogens is 1. The molecule has 1 heterocycles. The van der Waals surface area contributed by atoms with Crippen molar-refractivity contribution in [2.75, 3.05) is 5.32 Å². The van der Waals surface area contributed by atoms with E-state index in [0.29, 0.717) is 28.2 Å². The molecule has 0 aliphatic carbocycles. The summed E-state index contributed by atoms with van der Waals surface area (Å²) in [6.45, 7) is 4.37. The fourth-order valence-electron chi connectivity index (χ4n) is 2.92. The van der Waals surface area contributed by atoms with Gasteiger partial charge >= 0.3 is 0 Å². The van der Waals surface area contributed by atoms with E-state index in [9.17, 15) is 14.7 Å². The molecule has 2 N–H and O–H groups in total. The Morgan fingerprint density at radius 1 is 1.19 bits per heavy atom. The second kappa shape index (κ2) is 7.62. The average Bonchev–Trinajstić information content (AvgIpc) is 2.61. The lowest BCUT2D eigenvalue weighted by atomic mass is 10.1. The van der Waals surface area contributed by atoms with Gasteiger partial charge in [-0.15, -0.1) is 0 Å². The Kier molecular flexibility index (Phi) is 5.44. The Morgan fingerprint density at radius 2 is 1.89 bits per heavy atom. The lowest BCUT2D eigenvalue weighted by molar-refractivity contribution is 0.102. The SMILES string of the molecule is CC(C)Cn1c(=O)c(C(=O)Nc2ccc(Cl)cc2Cl)c(O)c2ccccc21. The van der Waals surface area contributed by atoms with Crippen molar-refractivity contribution in [1.82, 2.24) is 4.57 Å². The third-order valence-electron chi connectivity index (χ3n) is 4.10. The van der Waals surface area contributed by atoms with Crippen LogP contribution in [0.25, 0.3) is 10.9 Å². The maximum Gasteiger partial charge on any atom is 0.267 e. The van der Waals surface area contributed by atoms with Gasteiger partial charge in [-0.05, 0) is 36.2 Å². The predicted octanol–water partition coefficient (Wildman–Crippen LogP) is 4.92. The summed E-state index contributed by atoms with van der Waals surface area (Å²) in [6, 6.07) is 11.5. The first kappa shape index (κ1) is 19.3. The zero-order valence-corrected chi connectivity index (χ0v) is 16.3. The molecule has 1 aromatic heterocycles. The van der Waals surface area contributed by atoms with Crippen molar-refractivity contribution in [2.45, 2.75) is 20.4 Å². The standard InChI is InChI=1S/C20H18Cl2N2O3/c1-11(2)10-24-16-6-4-3-5-13(16)18(25)17(20(24)27)19(26)23-15-8-7-12(21)9-14(15)22/h3-9,11,25H,10H2,1-2H3,(H,23,26). The van der Waals surface area contributed by atoms with Gasteiger partial charge in [0.15, 0.2) is 0 Å². The molecule has 1 amide bonds. The highest BCUT2D eigenvalue weighted by Crippen LogP contribution is 2.29. The van der Waals surface area contributed by atoms with Crippen molar-refractivity contribution in [3.63, 3.8) is 0 Å². The quantitative estimate of drug-likeness (QED) is 0.647. The first-order chi connectivity index (χ1) is 12.8. The highest BCUT2D eigenvalue weighted by Gasteiger charge is 2.23. The van der Waals surface area contributed by atoms with Crippen LogP contribution >= 0.6 is 23.2 Å². The lowest BCUT2D eigenvalue weighted by Crippen LogP contribution is -2.31. The second-order valence-corrected chi connectivity index (χ2v) is 7.47. The van der Waals surface area contributed by atoms with Crippen LogP contribution in [0.3, 0.4) is 0 Å². The molecule has 0 saturated heterocycles. The number of halogens is 2. The van der Waals surface area contributed by atoms with Crippen LogP contribution in [-0.4, -0.2) is 15.6 Å². The third kappa shape index (κ3) is 3.80. The summed E-state index contributed by atoms with van der Waals surface area (Å²) in [5, 5.41) is 14.3. The summed E-state index contributed by atoms with van der Waals surface area (Å²) in [6.07, 6.45) is 0. The molecule has 7 heteroatoms. The van der Waals surface area contributed by atoms with Crippen LogP contribution in [0, 0.1) is 5.92 Å². The van der Waals surface area contributed by atoms with E-state index in [1.54, 1.807) is 30.3 Å². The summed E-state index contributed by atoms with van der Waals surface area (Å²) < 4.78 is 1.51. The minimum Gasteiger partial charge on any atom is -0.506 e. The predicted molar refractivity (Wildman–Crippen MR) is 109 cm³/mol. The Hall–Kier alpha value is -2.50. The number of nitrogens with one attached hydrogen (secondary N) is 1. The van der Waals surface area contributed by atoms with Gasteiger partial charge in [-0.25, -0.2) is 0 Å². The van der Waals surface area contributed by atoms with E-state index in [-0.39, 0.29) is 22.3 Å². The fourth-order valence-corrected chi connectivity index (χ4v) is 3.37. The number of carbonyl (C=O) groups is 1. The van der Waals surface area contributed by atoms with Gasteiger partial charge in [0.2, 0.25) is 0 Å². The van der Waals surface area contributed by atoms with Crippen molar-refractivity contribution < 1.29 is 9.90 Å². The first-order valence-electron chi connectivity index (χ1n) is 8.40. The maximum atomic E-state index is 13.0. The number of aromatic hydroxyl groups is 1. The smallest absolute Gasteiger partial charge is 0.267 e. The number of carbonyl (C=O) groups excluding carboxylic acids is 1. The van der Waals surface area contributed by atoms with Crippen LogP contribution in [0.15, 0.2) is 47.3 Å². The fraction of sp³-hybridized carbons (Fsp3) is 0.200. The summed E-state index contributed by atoms with van der Waals surface area (Å²) >= 11 is 12.0. The van der Waals surface area contributed by atoms with Gasteiger partial charge in [0.25, 0.3) is 11.5 Å². The van der Waals surface area contributed by atoms with Gasteiger partial charge in [-0.2, -0.15) is 0 Å². The molecule has 5 nitrogen and oxygen atoms in total. The molecule has 2 aromatic carbocycles. The third-order valence-corrected chi connectivity index (χ3v) is 4.65. The van der Waals surface area contributed by atoms with Gasteiger partial charge < -0.3 is 15.0 Å². The topological polar surface area (TPSA) is 71.3 Å². The van der Waals surface area contributed by atoms with Crippen LogP contribution in [0.4, 0.5) is 5.69 Å². The van der Waals surface area contributed by atoms with Crippen molar-refractivity contribution in [2.24, 2.45) is 5.92 Å². The van der Waals surface area contributed by atoms with Crippen molar-refractivity contribution in [3.8, 4) is 5.75 Å². The highest BCUT2D eigenvalue weighted by atomic mass is 35.5. The summed E-state index contributed by atoms with van der Waals surface area (Å²) in [4.78, 5) is 25.8. The number of rotatable bonds is 4. The first-order valence-corrected chi connectivity index (χ1v) is 9.16. The molecule has 0 unspecified atom stereocenters. The average molecular weight is 405 g/mol. The number of nitrogens with zero attached hydrogens (tertiary/aromatic N) is 1. The molecule has 3 rings (SSSR count). The number of pyridine rings is 1. The molecule has 0 bridgehead atoms. The molecule has 0 saturated carbocycles. The Bertz CT molecular complexity index is 1090. The number of fused-ring (bicyclic) bond motifs is 1. The number of hydrogen-bond donors (Lipinski definition) is 2. The molecule has 3 aromatic rings. The van der Waals surface area contributed by atoms with Gasteiger partial charge in [-0.1, -0.05) is 49.2 Å². The molecule has 0 aliphatic heterocycles.